The van der Waals surface area contributed by atoms with Gasteiger partial charge < -0.3 is 10.6 Å². The predicted octanol–water partition coefficient (Wildman–Crippen LogP) is 11.1. The van der Waals surface area contributed by atoms with Gasteiger partial charge in [-0.3, -0.25) is 9.97 Å². The van der Waals surface area contributed by atoms with Gasteiger partial charge >= 0.3 is 0 Å². The molecule has 0 unspecified atom stereocenters. The molecule has 2 saturated heterocycles. The third kappa shape index (κ3) is 7.48. The SMILES string of the molecule is Clc1cc(Br)c2c(c1)CCc1cc(Br)cnc1C2=C1CCNCC1.Clc1cc(Br)c2c(c1)CCc1cc(Br)cnc1C2=C1CCNCC1. The minimum absolute atomic E-state index is 0.787. The van der Waals surface area contributed by atoms with Gasteiger partial charge in [0.15, 0.2) is 0 Å². The van der Waals surface area contributed by atoms with Crippen molar-refractivity contribution >= 4 is 98.1 Å². The molecule has 248 valence electrons. The Kier molecular flexibility index (Phi) is 11.3. The summed E-state index contributed by atoms with van der Waals surface area (Å²) >= 11 is 27.3. The molecule has 2 fully saturated rings. The normalized spacial score (nSPS) is 17.3. The number of pyridine rings is 2. The molecule has 8 rings (SSSR count). The number of benzene rings is 2. The van der Waals surface area contributed by atoms with E-state index in [1.165, 1.54) is 55.7 Å². The molecule has 2 aromatic heterocycles. The van der Waals surface area contributed by atoms with Gasteiger partial charge in [0.05, 0.1) is 11.4 Å². The average Bonchev–Trinajstić information content (AvgIpc) is 3.34. The van der Waals surface area contributed by atoms with E-state index in [0.717, 1.165) is 117 Å². The number of hydrogen-bond donors (Lipinski definition) is 2. The predicted molar refractivity (Wildman–Crippen MR) is 213 cm³/mol. The molecule has 10 heteroatoms. The van der Waals surface area contributed by atoms with Crippen molar-refractivity contribution in [2.45, 2.75) is 51.4 Å². The Labute approximate surface area is 326 Å². The Balaban J connectivity index is 0.000000152. The number of rotatable bonds is 0. The summed E-state index contributed by atoms with van der Waals surface area (Å²) in [5.74, 6) is 0. The Morgan fingerprint density at radius 2 is 0.854 bits per heavy atom. The van der Waals surface area contributed by atoms with Crippen molar-refractivity contribution in [3.63, 3.8) is 0 Å². The Bertz CT molecular complexity index is 1820. The highest BCUT2D eigenvalue weighted by Gasteiger charge is 2.27. The van der Waals surface area contributed by atoms with E-state index in [2.05, 4.69) is 98.6 Å². The lowest BCUT2D eigenvalue weighted by atomic mass is 9.89. The molecule has 0 amide bonds. The lowest BCUT2D eigenvalue weighted by Crippen LogP contribution is -2.24. The smallest absolute Gasteiger partial charge is 0.0740 e. The molecule has 0 saturated carbocycles. The second-order valence-electron chi connectivity index (χ2n) is 12.6. The van der Waals surface area contributed by atoms with E-state index >= 15 is 0 Å². The largest absolute Gasteiger partial charge is 0.316 e. The zero-order valence-corrected chi connectivity index (χ0v) is 34.1. The summed E-state index contributed by atoms with van der Waals surface area (Å²) in [7, 11) is 0. The maximum absolute atomic E-state index is 6.33. The molecule has 0 bridgehead atoms. The van der Waals surface area contributed by atoms with Crippen LogP contribution >= 0.6 is 86.9 Å². The first-order chi connectivity index (χ1) is 23.3. The molecule has 2 aliphatic carbocycles. The molecule has 4 aliphatic rings. The summed E-state index contributed by atoms with van der Waals surface area (Å²) in [6, 6.07) is 12.7. The topological polar surface area (TPSA) is 49.8 Å². The molecule has 48 heavy (non-hydrogen) atoms. The molecule has 0 spiro atoms. The first-order valence-electron chi connectivity index (χ1n) is 16.4. The average molecular weight is 937 g/mol. The van der Waals surface area contributed by atoms with Gasteiger partial charge in [-0.25, -0.2) is 0 Å². The van der Waals surface area contributed by atoms with Crippen LogP contribution in [-0.4, -0.2) is 36.1 Å². The fourth-order valence-corrected chi connectivity index (χ4v) is 10.3. The van der Waals surface area contributed by atoms with Crippen LogP contribution in [0.1, 0.15) is 70.5 Å². The lowest BCUT2D eigenvalue weighted by Gasteiger charge is -2.22. The highest BCUT2D eigenvalue weighted by atomic mass is 79.9. The van der Waals surface area contributed by atoms with Crippen molar-refractivity contribution in [2.75, 3.05) is 26.2 Å². The fourth-order valence-electron chi connectivity index (χ4n) is 7.42. The molecule has 0 radical (unpaired) electrons. The first kappa shape index (κ1) is 35.1. The van der Waals surface area contributed by atoms with Crippen LogP contribution in [0.5, 0.6) is 0 Å². The lowest BCUT2D eigenvalue weighted by molar-refractivity contribution is 0.611. The third-order valence-corrected chi connectivity index (χ3v) is 12.1. The van der Waals surface area contributed by atoms with Crippen LogP contribution in [0, 0.1) is 0 Å². The highest BCUT2D eigenvalue weighted by molar-refractivity contribution is 9.11. The van der Waals surface area contributed by atoms with Crippen molar-refractivity contribution in [1.29, 1.82) is 0 Å². The van der Waals surface area contributed by atoms with Crippen LogP contribution in [0.3, 0.4) is 0 Å². The molecular formula is C38H34Br4Cl2N4. The van der Waals surface area contributed by atoms with Crippen LogP contribution in [0.4, 0.5) is 0 Å². The minimum atomic E-state index is 0.787. The molecule has 2 aliphatic heterocycles. The van der Waals surface area contributed by atoms with Gasteiger partial charge in [-0.15, -0.1) is 0 Å². The summed E-state index contributed by atoms with van der Waals surface area (Å²) in [5, 5.41) is 8.49. The van der Waals surface area contributed by atoms with Crippen molar-refractivity contribution in [1.82, 2.24) is 20.6 Å². The van der Waals surface area contributed by atoms with Crippen LogP contribution in [-0.2, 0) is 25.7 Å². The third-order valence-electron chi connectivity index (χ3n) is 9.56. The van der Waals surface area contributed by atoms with Gasteiger partial charge in [-0.2, -0.15) is 0 Å². The maximum atomic E-state index is 6.33. The second-order valence-corrected chi connectivity index (χ2v) is 17.0. The van der Waals surface area contributed by atoms with Crippen molar-refractivity contribution in [3.8, 4) is 0 Å². The molecule has 2 aromatic carbocycles. The number of hydrogen-bond acceptors (Lipinski definition) is 4. The Hall–Kier alpha value is -1.36. The van der Waals surface area contributed by atoms with E-state index in [1.807, 2.05) is 24.5 Å². The number of aryl methyl sites for hydroxylation is 4. The number of fused-ring (bicyclic) bond motifs is 4. The van der Waals surface area contributed by atoms with Gasteiger partial charge in [-0.1, -0.05) is 66.2 Å². The highest BCUT2D eigenvalue weighted by Crippen LogP contribution is 2.44. The molecular weight excluding hydrogens is 903 g/mol. The maximum Gasteiger partial charge on any atom is 0.0740 e. The first-order valence-corrected chi connectivity index (χ1v) is 20.3. The molecule has 4 nitrogen and oxygen atoms in total. The van der Waals surface area contributed by atoms with Crippen LogP contribution in [0.15, 0.2) is 77.8 Å². The van der Waals surface area contributed by atoms with E-state index in [-0.39, 0.29) is 0 Å². The van der Waals surface area contributed by atoms with Crippen LogP contribution < -0.4 is 10.6 Å². The molecule has 4 aromatic rings. The fraction of sp³-hybridized carbons (Fsp3) is 0.316. The summed E-state index contributed by atoms with van der Waals surface area (Å²) in [4.78, 5) is 9.64. The number of piperidine rings is 2. The van der Waals surface area contributed by atoms with Crippen LogP contribution in [0.2, 0.25) is 10.0 Å². The number of nitrogens with one attached hydrogen (secondary N) is 2. The van der Waals surface area contributed by atoms with E-state index in [4.69, 9.17) is 33.2 Å². The van der Waals surface area contributed by atoms with Crippen molar-refractivity contribution in [2.24, 2.45) is 0 Å². The van der Waals surface area contributed by atoms with Gasteiger partial charge in [-0.05, 0) is 168 Å². The zero-order chi connectivity index (χ0) is 33.4. The molecule has 2 N–H and O–H groups in total. The quantitative estimate of drug-likeness (QED) is 0.184. The van der Waals surface area contributed by atoms with Gasteiger partial charge in [0.2, 0.25) is 0 Å². The van der Waals surface area contributed by atoms with Crippen LogP contribution in [0.25, 0.3) is 11.1 Å². The standard InChI is InChI=1S/2C19H17Br2ClN2/c2*20-14-7-13-2-1-12-8-15(22)9-16(21)17(12)18(19(13)24-10-14)11-3-5-23-6-4-11/h2*7-10,23H,1-6H2. The van der Waals surface area contributed by atoms with Gasteiger partial charge in [0, 0.05) is 62.6 Å². The molecule has 0 atom stereocenters. The van der Waals surface area contributed by atoms with Crippen molar-refractivity contribution in [3.05, 3.63) is 133 Å². The summed E-state index contributed by atoms with van der Waals surface area (Å²) < 4.78 is 4.23. The number of halogens is 6. The monoisotopic (exact) mass is 932 g/mol. The summed E-state index contributed by atoms with van der Waals surface area (Å²) in [6.45, 7) is 4.13. The second kappa shape index (κ2) is 15.5. The molecule has 4 heterocycles. The minimum Gasteiger partial charge on any atom is -0.316 e. The van der Waals surface area contributed by atoms with E-state index in [9.17, 15) is 0 Å². The van der Waals surface area contributed by atoms with Crippen molar-refractivity contribution < 1.29 is 0 Å². The summed E-state index contributed by atoms with van der Waals surface area (Å²) in [5.41, 5.74) is 15.7. The number of aromatic nitrogens is 2. The van der Waals surface area contributed by atoms with E-state index < -0.39 is 0 Å². The summed E-state index contributed by atoms with van der Waals surface area (Å²) in [6.07, 6.45) is 12.0. The van der Waals surface area contributed by atoms with Gasteiger partial charge in [0.25, 0.3) is 0 Å². The Morgan fingerprint density at radius 1 is 0.479 bits per heavy atom. The Morgan fingerprint density at radius 3 is 1.25 bits per heavy atom. The van der Waals surface area contributed by atoms with Gasteiger partial charge in [0.1, 0.15) is 0 Å². The van der Waals surface area contributed by atoms with E-state index in [0.29, 0.717) is 0 Å². The van der Waals surface area contributed by atoms with E-state index in [1.54, 1.807) is 0 Å². The number of nitrogens with zero attached hydrogens (tertiary/aromatic N) is 2. The zero-order valence-electron chi connectivity index (χ0n) is 26.3.